The van der Waals surface area contributed by atoms with Crippen LogP contribution >= 0.6 is 0 Å². The molecule has 2 N–H and O–H groups in total. The number of fused-ring (bicyclic) bond motifs is 1. The number of benzene rings is 1. The van der Waals surface area contributed by atoms with E-state index in [1.807, 2.05) is 6.92 Å². The molecule has 0 radical (unpaired) electrons. The summed E-state index contributed by atoms with van der Waals surface area (Å²) in [6, 6.07) is 4.20. The fourth-order valence-electron chi connectivity index (χ4n) is 2.59. The molecular weight excluding hydrogens is 368 g/mol. The summed E-state index contributed by atoms with van der Waals surface area (Å²) in [6.45, 7) is 1.77. The van der Waals surface area contributed by atoms with Crippen molar-refractivity contribution in [3.63, 3.8) is 0 Å². The van der Waals surface area contributed by atoms with Crippen molar-refractivity contribution < 1.29 is 29.0 Å². The Kier molecular flexibility index (Phi) is 6.75. The van der Waals surface area contributed by atoms with Crippen molar-refractivity contribution in [1.82, 2.24) is 9.88 Å². The average Bonchev–Trinajstić information content (AvgIpc) is 2.69. The van der Waals surface area contributed by atoms with Crippen molar-refractivity contribution in [2.45, 2.75) is 19.8 Å². The van der Waals surface area contributed by atoms with Crippen molar-refractivity contribution in [2.24, 2.45) is 7.05 Å². The van der Waals surface area contributed by atoms with Crippen molar-refractivity contribution in [3.05, 3.63) is 39.7 Å². The van der Waals surface area contributed by atoms with Gasteiger partial charge < -0.3 is 24.5 Å². The van der Waals surface area contributed by atoms with Crippen LogP contribution in [0.2, 0.25) is 0 Å². The number of methoxy groups -OCH3 is 1. The number of aromatic nitrogens is 1. The van der Waals surface area contributed by atoms with Crippen molar-refractivity contribution in [3.8, 4) is 5.75 Å². The number of ether oxygens (including phenoxy) is 2. The quantitative estimate of drug-likeness (QED) is 0.536. The van der Waals surface area contributed by atoms with Gasteiger partial charge in [0.15, 0.2) is 0 Å². The van der Waals surface area contributed by atoms with Crippen LogP contribution in [0.1, 0.15) is 40.5 Å². The summed E-state index contributed by atoms with van der Waals surface area (Å²) in [6.07, 6.45) is 1.57. The van der Waals surface area contributed by atoms with E-state index in [1.165, 1.54) is 32.4 Å². The van der Waals surface area contributed by atoms with E-state index in [4.69, 9.17) is 4.74 Å². The molecule has 0 aliphatic rings. The molecule has 0 spiro atoms. The molecule has 9 heteroatoms. The second-order valence-electron chi connectivity index (χ2n) is 6.07. The Morgan fingerprint density at radius 2 is 1.96 bits per heavy atom. The molecule has 1 aromatic heterocycles. The summed E-state index contributed by atoms with van der Waals surface area (Å²) in [4.78, 5) is 48.2. The van der Waals surface area contributed by atoms with E-state index in [1.54, 1.807) is 0 Å². The number of carbonyl (C=O) groups is 3. The van der Waals surface area contributed by atoms with Crippen molar-refractivity contribution >= 4 is 28.7 Å². The molecule has 0 atom stereocenters. The predicted molar refractivity (Wildman–Crippen MR) is 100 cm³/mol. The van der Waals surface area contributed by atoms with Crippen LogP contribution in [0.15, 0.2) is 23.0 Å². The largest absolute Gasteiger partial charge is 0.506 e. The maximum absolute atomic E-state index is 12.6. The molecule has 150 valence electrons. The summed E-state index contributed by atoms with van der Waals surface area (Å²) < 4.78 is 10.7. The molecular formula is C19H22N2O7. The number of hydrogen-bond donors (Lipinski definition) is 2. The number of hydrogen-bond acceptors (Lipinski definition) is 7. The second kappa shape index (κ2) is 9.03. The van der Waals surface area contributed by atoms with Gasteiger partial charge >= 0.3 is 11.9 Å². The number of pyridine rings is 1. The summed E-state index contributed by atoms with van der Waals surface area (Å²) in [5.41, 5.74) is -0.830. The number of rotatable bonds is 7. The average molecular weight is 390 g/mol. The van der Waals surface area contributed by atoms with E-state index in [2.05, 4.69) is 10.1 Å². The highest BCUT2D eigenvalue weighted by Gasteiger charge is 2.22. The van der Waals surface area contributed by atoms with E-state index in [-0.39, 0.29) is 23.1 Å². The van der Waals surface area contributed by atoms with Crippen LogP contribution in [0.3, 0.4) is 0 Å². The maximum atomic E-state index is 12.6. The normalized spacial score (nSPS) is 10.5. The number of nitrogens with one attached hydrogen (secondary N) is 1. The molecule has 0 saturated heterocycles. The Balaban J connectivity index is 2.32. The van der Waals surface area contributed by atoms with Gasteiger partial charge in [-0.05, 0) is 24.6 Å². The summed E-state index contributed by atoms with van der Waals surface area (Å²) in [7, 11) is 2.63. The van der Waals surface area contributed by atoms with Crippen LogP contribution in [-0.2, 0) is 21.3 Å². The van der Waals surface area contributed by atoms with Crippen LogP contribution < -0.4 is 10.9 Å². The fourth-order valence-corrected chi connectivity index (χ4v) is 2.59. The third kappa shape index (κ3) is 4.30. The molecule has 2 aromatic rings. The zero-order valence-electron chi connectivity index (χ0n) is 15.9. The SMILES string of the molecule is CCCCOC(=O)CNC(=O)c1c(O)c2ccc(C(=O)OC)cc2n(C)c1=O. The number of nitrogens with zero attached hydrogens (tertiary/aromatic N) is 1. The molecule has 1 amide bonds. The Hall–Kier alpha value is -3.36. The fraction of sp³-hybridized carbons (Fsp3) is 0.368. The van der Waals surface area contributed by atoms with Gasteiger partial charge in [0.25, 0.3) is 11.5 Å². The first kappa shape index (κ1) is 20.9. The summed E-state index contributed by atoms with van der Waals surface area (Å²) >= 11 is 0. The van der Waals surface area contributed by atoms with Gasteiger partial charge in [-0.25, -0.2) is 4.79 Å². The van der Waals surface area contributed by atoms with Gasteiger partial charge in [-0.1, -0.05) is 13.3 Å². The van der Waals surface area contributed by atoms with Gasteiger partial charge in [-0.3, -0.25) is 14.4 Å². The first-order valence-electron chi connectivity index (χ1n) is 8.69. The topological polar surface area (TPSA) is 124 Å². The van der Waals surface area contributed by atoms with Gasteiger partial charge in [0.1, 0.15) is 17.9 Å². The van der Waals surface area contributed by atoms with Crippen LogP contribution in [0.5, 0.6) is 5.75 Å². The van der Waals surface area contributed by atoms with Gasteiger partial charge in [-0.2, -0.15) is 0 Å². The van der Waals surface area contributed by atoms with E-state index in [9.17, 15) is 24.3 Å². The van der Waals surface area contributed by atoms with E-state index >= 15 is 0 Å². The van der Waals surface area contributed by atoms with E-state index in [0.29, 0.717) is 6.42 Å². The predicted octanol–water partition coefficient (Wildman–Crippen LogP) is 1.10. The number of unbranched alkanes of at least 4 members (excludes halogenated alkanes) is 1. The zero-order valence-corrected chi connectivity index (χ0v) is 15.9. The molecule has 0 fully saturated rings. The maximum Gasteiger partial charge on any atom is 0.337 e. The number of carbonyl (C=O) groups excluding carboxylic acids is 3. The standard InChI is InChI=1S/C19H22N2O7/c1-4-5-8-28-14(22)10-20-17(24)15-16(23)12-7-6-11(19(26)27-3)9-13(12)21(2)18(15)25/h6-7,9,23H,4-5,8,10H2,1-3H3,(H,20,24). The lowest BCUT2D eigenvalue weighted by molar-refractivity contribution is -0.142. The highest BCUT2D eigenvalue weighted by molar-refractivity contribution is 6.04. The summed E-state index contributed by atoms with van der Waals surface area (Å²) in [5.74, 6) is -2.67. The van der Waals surface area contributed by atoms with Crippen LogP contribution in [0, 0.1) is 0 Å². The lowest BCUT2D eigenvalue weighted by Crippen LogP contribution is -2.36. The molecule has 0 bridgehead atoms. The molecule has 0 unspecified atom stereocenters. The Bertz CT molecular complexity index is 978. The van der Waals surface area contributed by atoms with E-state index < -0.39 is 41.3 Å². The molecule has 0 aliphatic heterocycles. The minimum atomic E-state index is -0.899. The number of aromatic hydroxyl groups is 1. The zero-order chi connectivity index (χ0) is 20.8. The molecule has 0 aliphatic carbocycles. The second-order valence-corrected chi connectivity index (χ2v) is 6.07. The molecule has 0 saturated carbocycles. The first-order valence-corrected chi connectivity index (χ1v) is 8.69. The van der Waals surface area contributed by atoms with Crippen molar-refractivity contribution in [2.75, 3.05) is 20.3 Å². The first-order chi connectivity index (χ1) is 13.3. The van der Waals surface area contributed by atoms with Gasteiger partial charge in [0.2, 0.25) is 0 Å². The van der Waals surface area contributed by atoms with Gasteiger partial charge in [0, 0.05) is 12.4 Å². The van der Waals surface area contributed by atoms with E-state index in [0.717, 1.165) is 11.0 Å². The Morgan fingerprint density at radius 1 is 1.25 bits per heavy atom. The smallest absolute Gasteiger partial charge is 0.337 e. The minimum absolute atomic E-state index is 0.191. The number of aryl methyl sites for hydroxylation is 1. The number of amides is 1. The minimum Gasteiger partial charge on any atom is -0.506 e. The highest BCUT2D eigenvalue weighted by Crippen LogP contribution is 2.27. The molecule has 28 heavy (non-hydrogen) atoms. The third-order valence-electron chi connectivity index (χ3n) is 4.17. The summed E-state index contributed by atoms with van der Waals surface area (Å²) in [5, 5.41) is 12.9. The molecule has 9 nitrogen and oxygen atoms in total. The van der Waals surface area contributed by atoms with Gasteiger partial charge in [-0.15, -0.1) is 0 Å². The van der Waals surface area contributed by atoms with Crippen molar-refractivity contribution in [1.29, 1.82) is 0 Å². The van der Waals surface area contributed by atoms with Gasteiger partial charge in [0.05, 0.1) is 24.8 Å². The lowest BCUT2D eigenvalue weighted by Gasteiger charge is -2.12. The highest BCUT2D eigenvalue weighted by atomic mass is 16.5. The molecule has 1 heterocycles. The molecule has 1 aromatic carbocycles. The number of esters is 2. The molecule has 2 rings (SSSR count). The Morgan fingerprint density at radius 3 is 2.61 bits per heavy atom. The van der Waals surface area contributed by atoms with Crippen LogP contribution in [0.4, 0.5) is 0 Å². The third-order valence-corrected chi connectivity index (χ3v) is 4.17. The Labute approximate surface area is 160 Å². The van der Waals surface area contributed by atoms with Crippen LogP contribution in [0.25, 0.3) is 10.9 Å². The van der Waals surface area contributed by atoms with Crippen LogP contribution in [-0.4, -0.2) is 47.8 Å². The lowest BCUT2D eigenvalue weighted by atomic mass is 10.1. The monoisotopic (exact) mass is 390 g/mol.